The molecule has 0 spiro atoms. The van der Waals surface area contributed by atoms with E-state index in [4.69, 9.17) is 0 Å². The van der Waals surface area contributed by atoms with Crippen LogP contribution in [-0.2, 0) is 4.79 Å². The van der Waals surface area contributed by atoms with Gasteiger partial charge in [-0.2, -0.15) is 0 Å². The molecule has 0 saturated heterocycles. The fraction of sp³-hybridized carbons (Fsp3) is 0.238. The molecule has 2 amide bonds. The first-order valence-corrected chi connectivity index (χ1v) is 9.92. The van der Waals surface area contributed by atoms with Crippen LogP contribution >= 0.6 is 11.3 Å². The molecular formula is C21H21FN4O2S. The molecular weight excluding hydrogens is 391 g/mol. The second kappa shape index (κ2) is 8.91. The molecule has 29 heavy (non-hydrogen) atoms. The molecule has 0 radical (unpaired) electrons. The Balaban J connectivity index is 1.69. The molecule has 2 aromatic carbocycles. The van der Waals surface area contributed by atoms with Crippen LogP contribution in [0.5, 0.6) is 0 Å². The number of benzene rings is 2. The van der Waals surface area contributed by atoms with E-state index >= 15 is 0 Å². The minimum atomic E-state index is -0.499. The van der Waals surface area contributed by atoms with Crippen molar-refractivity contribution in [2.24, 2.45) is 0 Å². The number of halogens is 1. The molecule has 1 N–H and O–H groups in total. The lowest BCUT2D eigenvalue weighted by Gasteiger charge is -2.26. The molecule has 0 fully saturated rings. The normalized spacial score (nSPS) is 10.8. The highest BCUT2D eigenvalue weighted by Gasteiger charge is 2.22. The first kappa shape index (κ1) is 20.6. The summed E-state index contributed by atoms with van der Waals surface area (Å²) in [5.41, 5.74) is 2.23. The van der Waals surface area contributed by atoms with Gasteiger partial charge in [0.25, 0.3) is 5.91 Å². The molecule has 0 bridgehead atoms. The third-order valence-electron chi connectivity index (χ3n) is 4.21. The molecule has 0 aliphatic carbocycles. The van der Waals surface area contributed by atoms with Crippen LogP contribution in [0.3, 0.4) is 0 Å². The van der Waals surface area contributed by atoms with Gasteiger partial charge in [0.2, 0.25) is 11.0 Å². The highest BCUT2D eigenvalue weighted by molar-refractivity contribution is 7.18. The van der Waals surface area contributed by atoms with E-state index < -0.39 is 17.6 Å². The molecule has 3 aromatic rings. The zero-order valence-electron chi connectivity index (χ0n) is 16.3. The molecule has 8 heteroatoms. The molecule has 0 atom stereocenters. The number of nitrogens with one attached hydrogen (secondary N) is 1. The van der Waals surface area contributed by atoms with Crippen LogP contribution in [0, 0.1) is 12.7 Å². The van der Waals surface area contributed by atoms with Gasteiger partial charge in [0.1, 0.15) is 17.4 Å². The van der Waals surface area contributed by atoms with Gasteiger partial charge < -0.3 is 4.90 Å². The molecule has 150 valence electrons. The second-order valence-electron chi connectivity index (χ2n) is 6.87. The van der Waals surface area contributed by atoms with Gasteiger partial charge in [-0.3, -0.25) is 14.9 Å². The molecule has 0 saturated carbocycles. The SMILES string of the molecule is Cc1cccc(-c2nnc(NC(=O)CN(C(=O)c3cccc(F)c3)C(C)C)s2)c1. The predicted molar refractivity (Wildman–Crippen MR) is 111 cm³/mol. The highest BCUT2D eigenvalue weighted by atomic mass is 32.1. The van der Waals surface area contributed by atoms with Gasteiger partial charge in [0.05, 0.1) is 0 Å². The maximum absolute atomic E-state index is 13.4. The number of aromatic nitrogens is 2. The lowest BCUT2D eigenvalue weighted by atomic mass is 10.1. The number of rotatable bonds is 6. The summed E-state index contributed by atoms with van der Waals surface area (Å²) in [5, 5.41) is 11.9. The van der Waals surface area contributed by atoms with E-state index in [2.05, 4.69) is 15.5 Å². The van der Waals surface area contributed by atoms with Crippen molar-refractivity contribution in [3.8, 4) is 10.6 Å². The standard InChI is InChI=1S/C21H21FN4O2S/c1-13(2)26(20(28)16-8-5-9-17(22)11-16)12-18(27)23-21-25-24-19(29-21)15-7-4-6-14(3)10-15/h4-11,13H,12H2,1-3H3,(H,23,25,27). The number of hydrogen-bond donors (Lipinski definition) is 1. The predicted octanol–water partition coefficient (Wildman–Crippen LogP) is 4.14. The number of amides is 2. The summed E-state index contributed by atoms with van der Waals surface area (Å²) in [7, 11) is 0. The van der Waals surface area contributed by atoms with Crippen LogP contribution in [0.25, 0.3) is 10.6 Å². The van der Waals surface area contributed by atoms with E-state index in [-0.39, 0.29) is 18.2 Å². The van der Waals surface area contributed by atoms with Gasteiger partial charge in [-0.25, -0.2) is 4.39 Å². The molecule has 1 heterocycles. The van der Waals surface area contributed by atoms with Crippen LogP contribution in [0.15, 0.2) is 48.5 Å². The van der Waals surface area contributed by atoms with Gasteiger partial charge in [-0.1, -0.05) is 41.2 Å². The van der Waals surface area contributed by atoms with E-state index in [1.54, 1.807) is 13.8 Å². The smallest absolute Gasteiger partial charge is 0.254 e. The van der Waals surface area contributed by atoms with Crippen molar-refractivity contribution in [3.63, 3.8) is 0 Å². The Hall–Kier alpha value is -3.13. The Kier molecular flexibility index (Phi) is 6.33. The topological polar surface area (TPSA) is 75.2 Å². The van der Waals surface area contributed by atoms with Crippen molar-refractivity contribution in [1.82, 2.24) is 15.1 Å². The van der Waals surface area contributed by atoms with Crippen molar-refractivity contribution in [3.05, 3.63) is 65.5 Å². The summed E-state index contributed by atoms with van der Waals surface area (Å²) >= 11 is 1.26. The van der Waals surface area contributed by atoms with Crippen molar-refractivity contribution in [1.29, 1.82) is 0 Å². The monoisotopic (exact) mass is 412 g/mol. The Morgan fingerprint density at radius 2 is 1.90 bits per heavy atom. The first-order valence-electron chi connectivity index (χ1n) is 9.10. The van der Waals surface area contributed by atoms with E-state index in [0.717, 1.165) is 17.2 Å². The molecule has 1 aromatic heterocycles. The third-order valence-corrected chi connectivity index (χ3v) is 5.09. The van der Waals surface area contributed by atoms with E-state index in [0.29, 0.717) is 10.1 Å². The van der Waals surface area contributed by atoms with Gasteiger partial charge in [0.15, 0.2) is 0 Å². The molecule has 0 aliphatic heterocycles. The maximum Gasteiger partial charge on any atom is 0.254 e. The zero-order valence-corrected chi connectivity index (χ0v) is 17.2. The number of nitrogens with zero attached hydrogens (tertiary/aromatic N) is 3. The first-order chi connectivity index (χ1) is 13.8. The summed E-state index contributed by atoms with van der Waals surface area (Å²) in [6.07, 6.45) is 0. The average molecular weight is 412 g/mol. The van der Waals surface area contributed by atoms with Crippen molar-refractivity contribution >= 4 is 28.3 Å². The van der Waals surface area contributed by atoms with E-state index in [9.17, 15) is 14.0 Å². The van der Waals surface area contributed by atoms with Gasteiger partial charge in [-0.05, 0) is 45.0 Å². The molecule has 3 rings (SSSR count). The Morgan fingerprint density at radius 1 is 1.14 bits per heavy atom. The largest absolute Gasteiger partial charge is 0.327 e. The lowest BCUT2D eigenvalue weighted by molar-refractivity contribution is -0.117. The summed E-state index contributed by atoms with van der Waals surface area (Å²) in [6, 6.07) is 13.0. The molecule has 0 unspecified atom stereocenters. The molecule has 6 nitrogen and oxygen atoms in total. The summed E-state index contributed by atoms with van der Waals surface area (Å²) in [6.45, 7) is 5.41. The van der Waals surface area contributed by atoms with Crippen molar-refractivity contribution in [2.45, 2.75) is 26.8 Å². The van der Waals surface area contributed by atoms with Crippen LogP contribution in [0.1, 0.15) is 29.8 Å². The Labute approximate surface area is 172 Å². The number of carbonyl (C=O) groups is 2. The van der Waals surface area contributed by atoms with Crippen molar-refractivity contribution in [2.75, 3.05) is 11.9 Å². The van der Waals surface area contributed by atoms with Gasteiger partial charge in [-0.15, -0.1) is 10.2 Å². The van der Waals surface area contributed by atoms with Crippen LogP contribution in [0.2, 0.25) is 0 Å². The quantitative estimate of drug-likeness (QED) is 0.660. The number of hydrogen-bond acceptors (Lipinski definition) is 5. The van der Waals surface area contributed by atoms with Crippen LogP contribution < -0.4 is 5.32 Å². The van der Waals surface area contributed by atoms with Crippen LogP contribution in [-0.4, -0.2) is 39.5 Å². The van der Waals surface area contributed by atoms with Gasteiger partial charge >= 0.3 is 0 Å². The van der Waals surface area contributed by atoms with Gasteiger partial charge in [0, 0.05) is 17.2 Å². The molecule has 0 aliphatic rings. The number of carbonyl (C=O) groups excluding carboxylic acids is 2. The van der Waals surface area contributed by atoms with Crippen molar-refractivity contribution < 1.29 is 14.0 Å². The summed E-state index contributed by atoms with van der Waals surface area (Å²) < 4.78 is 13.4. The number of anilines is 1. The Bertz CT molecular complexity index is 1030. The van der Waals surface area contributed by atoms with Crippen LogP contribution in [0.4, 0.5) is 9.52 Å². The zero-order chi connectivity index (χ0) is 21.0. The summed E-state index contributed by atoms with van der Waals surface area (Å²) in [5.74, 6) is -1.30. The average Bonchev–Trinajstić information content (AvgIpc) is 3.14. The number of aryl methyl sites for hydroxylation is 1. The van der Waals surface area contributed by atoms with E-state index in [1.165, 1.54) is 34.4 Å². The Morgan fingerprint density at radius 3 is 2.59 bits per heavy atom. The lowest BCUT2D eigenvalue weighted by Crippen LogP contribution is -2.42. The fourth-order valence-electron chi connectivity index (χ4n) is 2.76. The highest BCUT2D eigenvalue weighted by Crippen LogP contribution is 2.26. The minimum Gasteiger partial charge on any atom is -0.327 e. The third kappa shape index (κ3) is 5.23. The van der Waals surface area contributed by atoms with E-state index in [1.807, 2.05) is 31.2 Å². The minimum absolute atomic E-state index is 0.174. The fourth-order valence-corrected chi connectivity index (χ4v) is 3.51. The second-order valence-corrected chi connectivity index (χ2v) is 7.84. The maximum atomic E-state index is 13.4. The summed E-state index contributed by atoms with van der Waals surface area (Å²) in [4.78, 5) is 26.6.